The van der Waals surface area contributed by atoms with Gasteiger partial charge in [0, 0.05) is 11.7 Å². The lowest BCUT2D eigenvalue weighted by Crippen LogP contribution is -2.15. The highest BCUT2D eigenvalue weighted by molar-refractivity contribution is 7.39. The molecule has 6 nitrogen and oxygen atoms in total. The van der Waals surface area contributed by atoms with Crippen LogP contribution in [-0.2, 0) is 13.9 Å². The van der Waals surface area contributed by atoms with Crippen LogP contribution in [0.4, 0.5) is 4.39 Å². The van der Waals surface area contributed by atoms with Crippen LogP contribution in [0.1, 0.15) is 37.4 Å². The fourth-order valence-electron chi connectivity index (χ4n) is 3.29. The number of pyridine rings is 1. The first kappa shape index (κ1) is 25.8. The maximum absolute atomic E-state index is 13.6. The van der Waals surface area contributed by atoms with Crippen LogP contribution in [0.5, 0.6) is 0 Å². The number of carboxylic acid groups (broad SMARTS) is 1. The van der Waals surface area contributed by atoms with Gasteiger partial charge in [0.25, 0.3) is 0 Å². The molecule has 0 aliphatic carbocycles. The minimum atomic E-state index is -2.64. The zero-order valence-corrected chi connectivity index (χ0v) is 20.6. The Morgan fingerprint density at radius 3 is 2.62 bits per heavy atom. The second kappa shape index (κ2) is 12.0. The smallest absolute Gasteiger partial charge is 0.305 e. The molecular formula is C25H25FNO5PS. The van der Waals surface area contributed by atoms with Crippen molar-refractivity contribution in [2.45, 2.75) is 32.3 Å². The van der Waals surface area contributed by atoms with Gasteiger partial charge >= 0.3 is 5.97 Å². The van der Waals surface area contributed by atoms with Gasteiger partial charge < -0.3 is 14.7 Å². The molecule has 1 unspecified atom stereocenters. The van der Waals surface area contributed by atoms with Crippen molar-refractivity contribution in [3.8, 4) is 33.5 Å². The van der Waals surface area contributed by atoms with Gasteiger partial charge in [-0.25, -0.2) is 4.39 Å². The van der Waals surface area contributed by atoms with Gasteiger partial charge in [-0.1, -0.05) is 43.9 Å². The molecule has 0 spiro atoms. The molecule has 0 aliphatic heterocycles. The lowest BCUT2D eigenvalue weighted by atomic mass is 9.93. The molecule has 0 amide bonds. The highest BCUT2D eigenvalue weighted by atomic mass is 32.1. The fraction of sp³-hybridized carbons (Fsp3) is 0.280. The number of hydrogen-bond acceptors (Lipinski definition) is 6. The van der Waals surface area contributed by atoms with E-state index in [0.717, 1.165) is 27.4 Å². The molecule has 2 N–H and O–H groups in total. The number of hydrogen-bond donors (Lipinski definition) is 2. The number of carbonyl (C=O) groups is 1. The van der Waals surface area contributed by atoms with Crippen LogP contribution < -0.4 is 0 Å². The molecule has 0 fully saturated rings. The SMILES string of the molecule is CC(C)c1nc(-c2cccs2)cc(-c2ccc(F)cc2)c1C#CCO[PH](=O)C[C@@H](O)CC(=O)O. The van der Waals surface area contributed by atoms with Crippen LogP contribution in [0.2, 0.25) is 0 Å². The molecule has 34 heavy (non-hydrogen) atoms. The minimum Gasteiger partial charge on any atom is -0.481 e. The number of carboxylic acids is 1. The number of aromatic nitrogens is 1. The Morgan fingerprint density at radius 2 is 2.00 bits per heavy atom. The van der Waals surface area contributed by atoms with E-state index in [1.807, 2.05) is 37.4 Å². The topological polar surface area (TPSA) is 96.7 Å². The standard InChI is InChI=1S/C25H25FNO5PS/c1-16(2)25-20(5-3-11-32-33(31)15-19(28)13-24(29)30)21(17-7-9-18(26)10-8-17)14-22(27-25)23-6-4-12-34-23/h4,6-10,12,14,16,19,28,33H,11,13,15H2,1-2H3,(H,29,30)/t19-/m0/s1. The molecule has 178 valence electrons. The molecule has 2 aromatic heterocycles. The summed E-state index contributed by atoms with van der Waals surface area (Å²) in [5, 5.41) is 20.3. The molecule has 2 heterocycles. The van der Waals surface area contributed by atoms with Crippen molar-refractivity contribution in [2.24, 2.45) is 0 Å². The van der Waals surface area contributed by atoms with Crippen molar-refractivity contribution in [1.29, 1.82) is 0 Å². The number of aliphatic hydroxyl groups is 1. The van der Waals surface area contributed by atoms with E-state index in [1.165, 1.54) is 12.1 Å². The van der Waals surface area contributed by atoms with Gasteiger partial charge in [-0.05, 0) is 41.1 Å². The number of nitrogens with zero attached hydrogens (tertiary/aromatic N) is 1. The van der Waals surface area contributed by atoms with Gasteiger partial charge in [0.2, 0.25) is 0 Å². The molecule has 0 aliphatic rings. The van der Waals surface area contributed by atoms with Crippen LogP contribution in [0.25, 0.3) is 21.7 Å². The van der Waals surface area contributed by atoms with Crippen molar-refractivity contribution in [3.05, 3.63) is 64.9 Å². The van der Waals surface area contributed by atoms with Crippen molar-refractivity contribution in [2.75, 3.05) is 12.8 Å². The van der Waals surface area contributed by atoms with Crippen LogP contribution >= 0.6 is 19.4 Å². The number of thiophene rings is 1. The average molecular weight is 502 g/mol. The Kier molecular flexibility index (Phi) is 9.14. The monoisotopic (exact) mass is 501 g/mol. The number of rotatable bonds is 9. The zero-order valence-electron chi connectivity index (χ0n) is 18.7. The lowest BCUT2D eigenvalue weighted by molar-refractivity contribution is -0.138. The Bertz CT molecular complexity index is 1220. The number of aliphatic carboxylic acids is 1. The van der Waals surface area contributed by atoms with E-state index in [0.29, 0.717) is 5.56 Å². The predicted octanol–water partition coefficient (Wildman–Crippen LogP) is 5.42. The summed E-state index contributed by atoms with van der Waals surface area (Å²) < 4.78 is 30.8. The van der Waals surface area contributed by atoms with E-state index in [1.54, 1.807) is 23.5 Å². The predicted molar refractivity (Wildman–Crippen MR) is 132 cm³/mol. The molecule has 1 aromatic carbocycles. The average Bonchev–Trinajstić information content (AvgIpc) is 3.31. The molecule has 3 rings (SSSR count). The van der Waals surface area contributed by atoms with E-state index >= 15 is 0 Å². The van der Waals surface area contributed by atoms with Crippen molar-refractivity contribution < 1.29 is 28.5 Å². The Morgan fingerprint density at radius 1 is 1.26 bits per heavy atom. The van der Waals surface area contributed by atoms with Crippen LogP contribution in [0.15, 0.2) is 47.8 Å². The highest BCUT2D eigenvalue weighted by Crippen LogP contribution is 2.34. The summed E-state index contributed by atoms with van der Waals surface area (Å²) in [4.78, 5) is 16.5. The third-order valence-corrected chi connectivity index (χ3v) is 7.02. The van der Waals surface area contributed by atoms with Crippen molar-refractivity contribution in [1.82, 2.24) is 4.98 Å². The van der Waals surface area contributed by atoms with Gasteiger partial charge in [0.1, 0.15) is 12.4 Å². The maximum Gasteiger partial charge on any atom is 0.305 e. The van der Waals surface area contributed by atoms with Crippen molar-refractivity contribution >= 4 is 25.3 Å². The molecular weight excluding hydrogens is 476 g/mol. The zero-order chi connectivity index (χ0) is 24.7. The van der Waals surface area contributed by atoms with Gasteiger partial charge in [-0.3, -0.25) is 14.3 Å². The first-order chi connectivity index (χ1) is 16.2. The van der Waals surface area contributed by atoms with Crippen molar-refractivity contribution in [3.63, 3.8) is 0 Å². The minimum absolute atomic E-state index is 0.0506. The largest absolute Gasteiger partial charge is 0.481 e. The third-order valence-electron chi connectivity index (χ3n) is 4.85. The van der Waals surface area contributed by atoms with Gasteiger partial charge in [0.05, 0.1) is 34.4 Å². The maximum atomic E-state index is 13.6. The van der Waals surface area contributed by atoms with Crippen LogP contribution in [-0.4, -0.2) is 40.0 Å². The van der Waals surface area contributed by atoms with E-state index in [4.69, 9.17) is 14.6 Å². The molecule has 2 atom stereocenters. The molecule has 0 bridgehead atoms. The summed E-state index contributed by atoms with van der Waals surface area (Å²) in [6.45, 7) is 3.88. The second-order valence-electron chi connectivity index (χ2n) is 7.87. The summed E-state index contributed by atoms with van der Waals surface area (Å²) in [6, 6.07) is 12.0. The summed E-state index contributed by atoms with van der Waals surface area (Å²) in [6.07, 6.45) is -1.97. The fourth-order valence-corrected chi connectivity index (χ4v) is 4.85. The first-order valence-electron chi connectivity index (χ1n) is 10.6. The van der Waals surface area contributed by atoms with Gasteiger partial charge in [-0.2, -0.15) is 0 Å². The molecule has 0 saturated heterocycles. The molecule has 0 saturated carbocycles. The Hall–Kier alpha value is -2.82. The molecule has 0 radical (unpaired) electrons. The Labute approximate surface area is 202 Å². The quantitative estimate of drug-likeness (QED) is 0.300. The summed E-state index contributed by atoms with van der Waals surface area (Å²) in [5.74, 6) is 4.49. The number of benzene rings is 1. The highest BCUT2D eigenvalue weighted by Gasteiger charge is 2.17. The molecule has 9 heteroatoms. The lowest BCUT2D eigenvalue weighted by Gasteiger charge is -2.15. The van der Waals surface area contributed by atoms with E-state index in [2.05, 4.69) is 11.8 Å². The van der Waals surface area contributed by atoms with E-state index in [-0.39, 0.29) is 24.5 Å². The number of aliphatic hydroxyl groups excluding tert-OH is 1. The first-order valence-corrected chi connectivity index (χ1v) is 13.0. The summed E-state index contributed by atoms with van der Waals surface area (Å²) in [7, 11) is -2.64. The normalized spacial score (nSPS) is 12.7. The van der Waals surface area contributed by atoms with Crippen LogP contribution in [0, 0.1) is 17.7 Å². The van der Waals surface area contributed by atoms with Gasteiger partial charge in [0.15, 0.2) is 8.03 Å². The summed E-state index contributed by atoms with van der Waals surface area (Å²) >= 11 is 1.57. The van der Waals surface area contributed by atoms with Crippen LogP contribution in [0.3, 0.4) is 0 Å². The van der Waals surface area contributed by atoms with E-state index < -0.39 is 26.5 Å². The van der Waals surface area contributed by atoms with Gasteiger partial charge in [-0.15, -0.1) is 11.3 Å². The number of halogens is 1. The third kappa shape index (κ3) is 7.09. The second-order valence-corrected chi connectivity index (χ2v) is 10.3. The Balaban J connectivity index is 1.92. The van der Waals surface area contributed by atoms with E-state index in [9.17, 15) is 18.9 Å². The molecule has 3 aromatic rings. The summed E-state index contributed by atoms with van der Waals surface area (Å²) in [5.41, 5.74) is 3.86.